The fourth-order valence-electron chi connectivity index (χ4n) is 3.96. The van der Waals surface area contributed by atoms with Gasteiger partial charge in [0.1, 0.15) is 6.04 Å². The lowest BCUT2D eigenvalue weighted by Crippen LogP contribution is -2.52. The van der Waals surface area contributed by atoms with Crippen LogP contribution in [0.3, 0.4) is 0 Å². The smallest absolute Gasteiger partial charge is 0.282 e. The summed E-state index contributed by atoms with van der Waals surface area (Å²) in [7, 11) is 0. The van der Waals surface area contributed by atoms with E-state index in [1.54, 1.807) is 12.1 Å². The van der Waals surface area contributed by atoms with Gasteiger partial charge in [-0.15, -0.1) is 0 Å². The average molecular weight is 370 g/mol. The zero-order chi connectivity index (χ0) is 19.1. The molecular formula is C18H18N4O5. The molecule has 140 valence electrons. The Morgan fingerprint density at radius 3 is 2.59 bits per heavy atom. The predicted octanol–water partition coefficient (Wildman–Crippen LogP) is 0.732. The quantitative estimate of drug-likeness (QED) is 0.460. The van der Waals surface area contributed by atoms with Gasteiger partial charge in [-0.1, -0.05) is 6.08 Å². The van der Waals surface area contributed by atoms with Crippen LogP contribution in [0, 0.1) is 10.1 Å². The molecule has 1 saturated heterocycles. The lowest BCUT2D eigenvalue weighted by Gasteiger charge is -2.29. The van der Waals surface area contributed by atoms with E-state index >= 15 is 0 Å². The summed E-state index contributed by atoms with van der Waals surface area (Å²) in [5.74, 6) is -1.31. The second kappa shape index (κ2) is 6.58. The number of carbonyl (C=O) groups excluding carboxylic acids is 3. The Labute approximate surface area is 154 Å². The Hall–Kier alpha value is -3.07. The molecule has 27 heavy (non-hydrogen) atoms. The number of fused-ring (bicyclic) bond motifs is 1. The molecule has 0 aliphatic carbocycles. The molecule has 1 unspecified atom stereocenters. The summed E-state index contributed by atoms with van der Waals surface area (Å²) in [6, 6.07) is 2.44. The number of imide groups is 1. The maximum Gasteiger partial charge on any atom is 0.282 e. The van der Waals surface area contributed by atoms with Crippen molar-refractivity contribution in [3.63, 3.8) is 0 Å². The van der Waals surface area contributed by atoms with Gasteiger partial charge < -0.3 is 10.2 Å². The van der Waals surface area contributed by atoms with Crippen LogP contribution < -0.4 is 10.6 Å². The fraction of sp³-hybridized carbons (Fsp3) is 0.389. The van der Waals surface area contributed by atoms with Gasteiger partial charge in [-0.05, 0) is 37.1 Å². The van der Waals surface area contributed by atoms with Crippen molar-refractivity contribution in [1.29, 1.82) is 0 Å². The number of amides is 3. The SMILES string of the molecule is O=C1CCC(N2Cc3c(ccc(C4=CCNCC4)c3[N+](=O)[O-])C2=O)C(=O)N1. The summed E-state index contributed by atoms with van der Waals surface area (Å²) >= 11 is 0. The van der Waals surface area contributed by atoms with E-state index in [0.717, 1.165) is 12.1 Å². The number of nitro benzene ring substituents is 1. The lowest BCUT2D eigenvalue weighted by atomic mass is 9.94. The van der Waals surface area contributed by atoms with Crippen molar-refractivity contribution in [2.24, 2.45) is 0 Å². The van der Waals surface area contributed by atoms with Gasteiger partial charge in [-0.25, -0.2) is 0 Å². The van der Waals surface area contributed by atoms with Gasteiger partial charge in [0.2, 0.25) is 11.8 Å². The van der Waals surface area contributed by atoms with Gasteiger partial charge in [0, 0.05) is 13.0 Å². The normalized spacial score (nSPS) is 22.4. The Morgan fingerprint density at radius 1 is 1.15 bits per heavy atom. The molecular weight excluding hydrogens is 352 g/mol. The minimum Gasteiger partial charge on any atom is -0.322 e. The minimum absolute atomic E-state index is 0.00384. The second-order valence-electron chi connectivity index (χ2n) is 6.83. The summed E-state index contributed by atoms with van der Waals surface area (Å²) in [5, 5.41) is 17.2. The highest BCUT2D eigenvalue weighted by atomic mass is 16.6. The Bertz CT molecular complexity index is 907. The van der Waals surface area contributed by atoms with Crippen molar-refractivity contribution in [3.05, 3.63) is 45.0 Å². The number of hydrogen-bond donors (Lipinski definition) is 2. The number of rotatable bonds is 3. The highest BCUT2D eigenvalue weighted by Crippen LogP contribution is 2.39. The average Bonchev–Trinajstić information content (AvgIpc) is 2.98. The van der Waals surface area contributed by atoms with Gasteiger partial charge in [0.25, 0.3) is 11.6 Å². The monoisotopic (exact) mass is 370 g/mol. The highest BCUT2D eigenvalue weighted by molar-refractivity contribution is 6.06. The molecule has 9 nitrogen and oxygen atoms in total. The van der Waals surface area contributed by atoms with E-state index in [1.807, 2.05) is 6.08 Å². The van der Waals surface area contributed by atoms with Gasteiger partial charge in [-0.3, -0.25) is 29.8 Å². The minimum atomic E-state index is -0.788. The Kier molecular flexibility index (Phi) is 4.23. The van der Waals surface area contributed by atoms with E-state index in [4.69, 9.17) is 0 Å². The third-order valence-electron chi connectivity index (χ3n) is 5.28. The van der Waals surface area contributed by atoms with Crippen molar-refractivity contribution in [2.75, 3.05) is 13.1 Å². The highest BCUT2D eigenvalue weighted by Gasteiger charge is 2.42. The van der Waals surface area contributed by atoms with Gasteiger partial charge in [0.05, 0.1) is 28.2 Å². The number of nitro groups is 1. The first-order valence-corrected chi connectivity index (χ1v) is 8.82. The molecule has 3 aliphatic heterocycles. The standard InChI is InChI=1S/C18H18N4O5/c23-15-4-3-14(17(24)20-15)21-9-13-12(18(21)25)2-1-11(16(13)22(26)27)10-5-7-19-8-6-10/h1-2,5,14,19H,3-4,6-9H2,(H,20,23,24). The van der Waals surface area contributed by atoms with Crippen LogP contribution in [0.25, 0.3) is 5.57 Å². The molecule has 1 atom stereocenters. The maximum absolute atomic E-state index is 12.8. The molecule has 0 radical (unpaired) electrons. The molecule has 2 N–H and O–H groups in total. The van der Waals surface area contributed by atoms with Crippen molar-refractivity contribution >= 4 is 29.0 Å². The third kappa shape index (κ3) is 2.89. The number of piperidine rings is 1. The van der Waals surface area contributed by atoms with Crippen LogP contribution in [-0.4, -0.2) is 46.7 Å². The van der Waals surface area contributed by atoms with E-state index in [-0.39, 0.29) is 36.5 Å². The number of nitrogens with one attached hydrogen (secondary N) is 2. The molecule has 0 bridgehead atoms. The van der Waals surface area contributed by atoms with Gasteiger partial charge in [-0.2, -0.15) is 0 Å². The summed E-state index contributed by atoms with van der Waals surface area (Å²) in [6.45, 7) is 1.38. The fourth-order valence-corrected chi connectivity index (χ4v) is 3.96. The van der Waals surface area contributed by atoms with Crippen LogP contribution in [-0.2, 0) is 16.1 Å². The van der Waals surface area contributed by atoms with Crippen LogP contribution >= 0.6 is 0 Å². The van der Waals surface area contributed by atoms with Crippen LogP contribution in [0.5, 0.6) is 0 Å². The zero-order valence-electron chi connectivity index (χ0n) is 14.5. The molecule has 3 aliphatic rings. The zero-order valence-corrected chi connectivity index (χ0v) is 14.5. The summed E-state index contributed by atoms with van der Waals surface area (Å²) < 4.78 is 0. The van der Waals surface area contributed by atoms with E-state index in [9.17, 15) is 24.5 Å². The van der Waals surface area contributed by atoms with E-state index in [2.05, 4.69) is 10.6 Å². The topological polar surface area (TPSA) is 122 Å². The first-order chi connectivity index (χ1) is 13.0. The molecule has 1 aromatic carbocycles. The van der Waals surface area contributed by atoms with Crippen molar-refractivity contribution < 1.29 is 19.3 Å². The van der Waals surface area contributed by atoms with Crippen LogP contribution in [0.4, 0.5) is 5.69 Å². The third-order valence-corrected chi connectivity index (χ3v) is 5.28. The van der Waals surface area contributed by atoms with Crippen LogP contribution in [0.1, 0.15) is 40.7 Å². The van der Waals surface area contributed by atoms with E-state index < -0.39 is 22.8 Å². The molecule has 4 rings (SSSR count). The Morgan fingerprint density at radius 2 is 1.93 bits per heavy atom. The molecule has 0 aromatic heterocycles. The molecule has 9 heteroatoms. The molecule has 1 aromatic rings. The number of nitrogens with zero attached hydrogens (tertiary/aromatic N) is 2. The summed E-state index contributed by atoms with van der Waals surface area (Å²) in [4.78, 5) is 49.0. The molecule has 0 spiro atoms. The molecule has 3 heterocycles. The Balaban J connectivity index is 1.73. The predicted molar refractivity (Wildman–Crippen MR) is 94.6 cm³/mol. The molecule has 0 saturated carbocycles. The summed E-state index contributed by atoms with van der Waals surface area (Å²) in [6.07, 6.45) is 2.96. The van der Waals surface area contributed by atoms with Crippen molar-refractivity contribution in [3.8, 4) is 0 Å². The van der Waals surface area contributed by atoms with Crippen LogP contribution in [0.2, 0.25) is 0 Å². The maximum atomic E-state index is 12.8. The molecule has 1 fully saturated rings. The van der Waals surface area contributed by atoms with Gasteiger partial charge >= 0.3 is 0 Å². The number of carbonyl (C=O) groups is 3. The largest absolute Gasteiger partial charge is 0.322 e. The second-order valence-corrected chi connectivity index (χ2v) is 6.83. The first-order valence-electron chi connectivity index (χ1n) is 8.82. The first kappa shape index (κ1) is 17.3. The number of hydrogen-bond acceptors (Lipinski definition) is 6. The van der Waals surface area contributed by atoms with Crippen molar-refractivity contribution in [2.45, 2.75) is 31.8 Å². The van der Waals surface area contributed by atoms with E-state index in [0.29, 0.717) is 24.1 Å². The van der Waals surface area contributed by atoms with Gasteiger partial charge in [0.15, 0.2) is 0 Å². The molecule has 3 amide bonds. The summed E-state index contributed by atoms with van der Waals surface area (Å²) in [5.41, 5.74) is 1.94. The lowest BCUT2D eigenvalue weighted by molar-refractivity contribution is -0.385. The van der Waals surface area contributed by atoms with E-state index in [1.165, 1.54) is 4.90 Å². The van der Waals surface area contributed by atoms with Crippen molar-refractivity contribution in [1.82, 2.24) is 15.5 Å². The number of benzene rings is 1. The van der Waals surface area contributed by atoms with Crippen LogP contribution in [0.15, 0.2) is 18.2 Å².